The Morgan fingerprint density at radius 2 is 2.12 bits per heavy atom. The fraction of sp³-hybridized carbons (Fsp3) is 0.375. The van der Waals surface area contributed by atoms with E-state index in [-0.39, 0.29) is 12.2 Å². The molecular formula is C16H12F3NO4. The maximum atomic E-state index is 12.9. The number of fused-ring (bicyclic) bond motifs is 1. The number of nitrogens with zero attached hydrogens (tertiary/aromatic N) is 1. The van der Waals surface area contributed by atoms with E-state index in [1.165, 1.54) is 17.0 Å². The number of ether oxygens (including phenoxy) is 1. The fourth-order valence-corrected chi connectivity index (χ4v) is 3.85. The van der Waals surface area contributed by atoms with Gasteiger partial charge in [0, 0.05) is 5.69 Å². The normalized spacial score (nSPS) is 34.0. The van der Waals surface area contributed by atoms with Gasteiger partial charge in [-0.1, -0.05) is 18.2 Å². The number of carbonyl (C=O) groups excluding carboxylic acids is 1. The van der Waals surface area contributed by atoms with E-state index in [0.717, 1.165) is 12.1 Å². The molecule has 1 aromatic carbocycles. The highest BCUT2D eigenvalue weighted by atomic mass is 19.4. The van der Waals surface area contributed by atoms with Gasteiger partial charge in [0.05, 0.1) is 24.1 Å². The monoisotopic (exact) mass is 339 g/mol. The minimum absolute atomic E-state index is 0.00852. The van der Waals surface area contributed by atoms with Crippen LogP contribution in [-0.2, 0) is 20.5 Å². The number of aliphatic carboxylic acids is 1. The predicted octanol–water partition coefficient (Wildman–Crippen LogP) is 2.08. The lowest BCUT2D eigenvalue weighted by atomic mass is 9.77. The molecule has 5 nitrogen and oxygen atoms in total. The highest BCUT2D eigenvalue weighted by Gasteiger charge is 2.67. The van der Waals surface area contributed by atoms with E-state index in [1.807, 2.05) is 0 Å². The molecule has 0 aromatic heterocycles. The first-order chi connectivity index (χ1) is 11.2. The number of carbonyl (C=O) groups is 2. The number of anilines is 1. The Labute approximate surface area is 134 Å². The van der Waals surface area contributed by atoms with Gasteiger partial charge in [-0.15, -0.1) is 0 Å². The molecule has 1 aromatic rings. The molecule has 1 spiro atoms. The fourth-order valence-electron chi connectivity index (χ4n) is 3.85. The van der Waals surface area contributed by atoms with E-state index < -0.39 is 47.2 Å². The summed E-state index contributed by atoms with van der Waals surface area (Å²) in [5.74, 6) is -3.60. The third-order valence-electron chi connectivity index (χ3n) is 4.87. The van der Waals surface area contributed by atoms with Crippen LogP contribution in [0.1, 0.15) is 5.56 Å². The summed E-state index contributed by atoms with van der Waals surface area (Å²) >= 11 is 0. The molecule has 0 radical (unpaired) electrons. The van der Waals surface area contributed by atoms with Crippen LogP contribution in [0.4, 0.5) is 18.9 Å². The van der Waals surface area contributed by atoms with Crippen LogP contribution in [0.5, 0.6) is 0 Å². The molecule has 1 amide bonds. The molecule has 2 fully saturated rings. The maximum Gasteiger partial charge on any atom is 0.416 e. The predicted molar refractivity (Wildman–Crippen MR) is 75.2 cm³/mol. The standard InChI is InChI=1S/C16H12F3NO4/c17-16(18,19)8-2-1-3-9(6-8)20-7-15-5-4-10(24-15)11(14(22)23)12(15)13(20)21/h1-6,10-12H,7H2,(H,22,23)/t10-,11+,12+,15-/m0/s1. The maximum absolute atomic E-state index is 12.9. The highest BCUT2D eigenvalue weighted by Crippen LogP contribution is 2.52. The molecule has 3 aliphatic rings. The van der Waals surface area contributed by atoms with Gasteiger partial charge < -0.3 is 14.7 Å². The zero-order chi connectivity index (χ0) is 17.3. The van der Waals surface area contributed by atoms with Crippen LogP contribution in [-0.4, -0.2) is 35.2 Å². The van der Waals surface area contributed by atoms with E-state index in [1.54, 1.807) is 12.2 Å². The molecular weight excluding hydrogens is 327 g/mol. The van der Waals surface area contributed by atoms with Crippen molar-refractivity contribution < 1.29 is 32.6 Å². The minimum Gasteiger partial charge on any atom is -0.481 e. The second-order valence-corrected chi connectivity index (χ2v) is 6.21. The van der Waals surface area contributed by atoms with Crippen LogP contribution in [0.15, 0.2) is 36.4 Å². The van der Waals surface area contributed by atoms with Crippen molar-refractivity contribution in [1.29, 1.82) is 0 Å². The summed E-state index contributed by atoms with van der Waals surface area (Å²) in [5, 5.41) is 9.37. The van der Waals surface area contributed by atoms with Crippen molar-refractivity contribution in [3.63, 3.8) is 0 Å². The Morgan fingerprint density at radius 3 is 2.79 bits per heavy atom. The Kier molecular flexibility index (Phi) is 2.91. The summed E-state index contributed by atoms with van der Waals surface area (Å²) in [6, 6.07) is 4.43. The van der Waals surface area contributed by atoms with Crippen molar-refractivity contribution in [3.8, 4) is 0 Å². The summed E-state index contributed by atoms with van der Waals surface area (Å²) in [5.41, 5.74) is -1.85. The summed E-state index contributed by atoms with van der Waals surface area (Å²) in [4.78, 5) is 25.4. The molecule has 4 atom stereocenters. The molecule has 0 unspecified atom stereocenters. The van der Waals surface area contributed by atoms with E-state index in [0.29, 0.717) is 0 Å². The Hall–Kier alpha value is -2.35. The lowest BCUT2D eigenvalue weighted by Gasteiger charge is -2.22. The molecule has 2 saturated heterocycles. The number of halogens is 3. The first-order valence-corrected chi connectivity index (χ1v) is 7.32. The lowest BCUT2D eigenvalue weighted by molar-refractivity contribution is -0.146. The zero-order valence-electron chi connectivity index (χ0n) is 12.2. The van der Waals surface area contributed by atoms with Crippen molar-refractivity contribution in [3.05, 3.63) is 42.0 Å². The van der Waals surface area contributed by atoms with Gasteiger partial charge in [0.2, 0.25) is 5.91 Å². The van der Waals surface area contributed by atoms with Crippen molar-refractivity contribution in [2.75, 3.05) is 11.4 Å². The van der Waals surface area contributed by atoms with Crippen molar-refractivity contribution in [2.45, 2.75) is 17.9 Å². The topological polar surface area (TPSA) is 66.8 Å². The Bertz CT molecular complexity index is 775. The van der Waals surface area contributed by atoms with E-state index in [2.05, 4.69) is 0 Å². The summed E-state index contributed by atoms with van der Waals surface area (Å²) in [7, 11) is 0. The number of benzene rings is 1. The van der Waals surface area contributed by atoms with Crippen molar-refractivity contribution in [2.24, 2.45) is 11.8 Å². The van der Waals surface area contributed by atoms with Gasteiger partial charge >= 0.3 is 12.1 Å². The second-order valence-electron chi connectivity index (χ2n) is 6.21. The number of hydrogen-bond acceptors (Lipinski definition) is 3. The van der Waals surface area contributed by atoms with Gasteiger partial charge in [0.25, 0.3) is 0 Å². The Morgan fingerprint density at radius 1 is 1.38 bits per heavy atom. The number of amides is 1. The number of rotatable bonds is 2. The lowest BCUT2D eigenvalue weighted by Crippen LogP contribution is -2.39. The summed E-state index contributed by atoms with van der Waals surface area (Å²) in [6.45, 7) is 0.00852. The smallest absolute Gasteiger partial charge is 0.416 e. The van der Waals surface area contributed by atoms with E-state index >= 15 is 0 Å². The molecule has 0 aliphatic carbocycles. The van der Waals surface area contributed by atoms with Gasteiger partial charge in [-0.05, 0) is 18.2 Å². The van der Waals surface area contributed by atoms with Crippen LogP contribution in [0.2, 0.25) is 0 Å². The van der Waals surface area contributed by atoms with Crippen molar-refractivity contribution in [1.82, 2.24) is 0 Å². The zero-order valence-corrected chi connectivity index (χ0v) is 12.2. The number of carboxylic acid groups (broad SMARTS) is 1. The van der Waals surface area contributed by atoms with Crippen LogP contribution in [0.25, 0.3) is 0 Å². The average molecular weight is 339 g/mol. The summed E-state index contributed by atoms with van der Waals surface area (Å²) < 4.78 is 44.3. The third-order valence-corrected chi connectivity index (χ3v) is 4.87. The first kappa shape index (κ1) is 15.2. The van der Waals surface area contributed by atoms with Crippen LogP contribution >= 0.6 is 0 Å². The summed E-state index contributed by atoms with van der Waals surface area (Å²) in [6.07, 6.45) is -1.92. The molecule has 126 valence electrons. The molecule has 4 rings (SSSR count). The quantitative estimate of drug-likeness (QED) is 0.838. The molecule has 3 heterocycles. The minimum atomic E-state index is -4.52. The molecule has 24 heavy (non-hydrogen) atoms. The SMILES string of the molecule is O=C(O)[C@@H]1[C@@H]2C=C[C@@]3(CN(c4cccc(C(F)(F)F)c4)C(=O)[C@@H]13)O2. The third kappa shape index (κ3) is 1.92. The molecule has 1 N–H and O–H groups in total. The van der Waals surface area contributed by atoms with E-state index in [4.69, 9.17) is 4.74 Å². The molecule has 3 aliphatic heterocycles. The van der Waals surface area contributed by atoms with Gasteiger partial charge in [-0.25, -0.2) is 0 Å². The molecule has 8 heteroatoms. The highest BCUT2D eigenvalue weighted by molar-refractivity contribution is 6.02. The number of hydrogen-bond donors (Lipinski definition) is 1. The van der Waals surface area contributed by atoms with Gasteiger partial charge in [0.15, 0.2) is 0 Å². The number of carboxylic acids is 1. The molecule has 0 saturated carbocycles. The first-order valence-electron chi connectivity index (χ1n) is 7.32. The van der Waals surface area contributed by atoms with Gasteiger partial charge in [-0.3, -0.25) is 9.59 Å². The Balaban J connectivity index is 1.72. The van der Waals surface area contributed by atoms with Gasteiger partial charge in [-0.2, -0.15) is 13.2 Å². The number of alkyl halides is 3. The molecule has 2 bridgehead atoms. The van der Waals surface area contributed by atoms with Gasteiger partial charge in [0.1, 0.15) is 11.5 Å². The largest absolute Gasteiger partial charge is 0.481 e. The van der Waals surface area contributed by atoms with E-state index in [9.17, 15) is 27.9 Å². The second kappa shape index (κ2) is 4.60. The van der Waals surface area contributed by atoms with Crippen LogP contribution < -0.4 is 4.90 Å². The van der Waals surface area contributed by atoms with Crippen molar-refractivity contribution >= 4 is 17.6 Å². The average Bonchev–Trinajstić information content (AvgIpc) is 3.15. The van der Waals surface area contributed by atoms with Crippen LogP contribution in [0.3, 0.4) is 0 Å². The van der Waals surface area contributed by atoms with Crippen LogP contribution in [0, 0.1) is 11.8 Å².